The van der Waals surface area contributed by atoms with Gasteiger partial charge in [-0.3, -0.25) is 4.79 Å². The molecule has 0 bridgehead atoms. The summed E-state index contributed by atoms with van der Waals surface area (Å²) in [7, 11) is 0. The number of rotatable bonds is 7. The zero-order valence-electron chi connectivity index (χ0n) is 17.4. The highest BCUT2D eigenvalue weighted by atomic mass is 35.5. The summed E-state index contributed by atoms with van der Waals surface area (Å²) in [5.41, 5.74) is 4.57. The van der Waals surface area contributed by atoms with Crippen LogP contribution in [0.3, 0.4) is 0 Å². The van der Waals surface area contributed by atoms with Crippen LogP contribution < -0.4 is 15.1 Å². The summed E-state index contributed by atoms with van der Waals surface area (Å²) >= 11 is 13.3. The number of nitrogens with zero attached hydrogens (tertiary/aromatic N) is 3. The molecule has 1 heterocycles. The molecule has 0 aliphatic carbocycles. The van der Waals surface area contributed by atoms with Crippen LogP contribution in [0.5, 0.6) is 11.5 Å². The van der Waals surface area contributed by atoms with Gasteiger partial charge in [0.25, 0.3) is 11.7 Å². The highest BCUT2D eigenvalue weighted by Crippen LogP contribution is 2.23. The molecule has 0 radical (unpaired) electrons. The first kappa shape index (κ1) is 23.6. The van der Waals surface area contributed by atoms with Gasteiger partial charge in [-0.15, -0.1) is 5.10 Å². The van der Waals surface area contributed by atoms with Gasteiger partial charge in [-0.1, -0.05) is 41.1 Å². The number of carbonyl (C=O) groups excluding carboxylic acids is 1. The number of phenolic OH excluding ortho intramolecular Hbond substituents is 1. The van der Waals surface area contributed by atoms with Crippen molar-refractivity contribution in [2.75, 3.05) is 5.75 Å². The van der Waals surface area contributed by atoms with Crippen molar-refractivity contribution in [2.24, 2.45) is 5.10 Å². The normalized spacial score (nSPS) is 11.1. The minimum Gasteiger partial charge on any atom is -0.870 e. The van der Waals surface area contributed by atoms with Gasteiger partial charge in [0.2, 0.25) is 0 Å². The molecule has 1 aromatic heterocycles. The second kappa shape index (κ2) is 10.6. The molecule has 0 aliphatic rings. The van der Waals surface area contributed by atoms with Crippen molar-refractivity contribution < 1.29 is 19.6 Å². The van der Waals surface area contributed by atoms with Crippen LogP contribution in [0, 0.1) is 0 Å². The lowest BCUT2D eigenvalue weighted by Gasteiger charge is -2.07. The molecule has 0 saturated carbocycles. The Kier molecular flexibility index (Phi) is 7.36. The van der Waals surface area contributed by atoms with Gasteiger partial charge in [0, 0.05) is 10.0 Å². The van der Waals surface area contributed by atoms with Gasteiger partial charge in [0.05, 0.1) is 22.6 Å². The van der Waals surface area contributed by atoms with E-state index < -0.39 is 5.75 Å². The van der Waals surface area contributed by atoms with Crippen LogP contribution in [0.15, 0.2) is 77.0 Å². The number of carbonyl (C=O) groups is 1. The second-order valence-electron chi connectivity index (χ2n) is 6.98. The molecule has 3 N–H and O–H groups in total. The van der Waals surface area contributed by atoms with E-state index in [1.807, 2.05) is 28.8 Å². The molecule has 0 aliphatic heterocycles. The van der Waals surface area contributed by atoms with Crippen LogP contribution >= 0.6 is 35.0 Å². The minimum absolute atomic E-state index is 0.0423. The van der Waals surface area contributed by atoms with Crippen molar-refractivity contribution in [1.82, 2.24) is 15.6 Å². The Balaban J connectivity index is 1.50. The fourth-order valence-electron chi connectivity index (χ4n) is 2.98. The maximum Gasteiger partial charge on any atom is 0.342 e. The summed E-state index contributed by atoms with van der Waals surface area (Å²) in [6.07, 6.45) is 1.34. The molecule has 1 amide bonds. The molecule has 0 unspecified atom stereocenters. The molecular formula is C23H17Cl2N5O3S. The fourth-order valence-corrected chi connectivity index (χ4v) is 3.99. The number of thioether (sulfide) groups is 1. The zero-order valence-corrected chi connectivity index (χ0v) is 19.7. The third kappa shape index (κ3) is 5.69. The van der Waals surface area contributed by atoms with E-state index in [0.717, 1.165) is 11.3 Å². The van der Waals surface area contributed by atoms with E-state index in [-0.39, 0.29) is 17.4 Å². The van der Waals surface area contributed by atoms with Gasteiger partial charge in [0.1, 0.15) is 11.4 Å². The minimum atomic E-state index is -0.483. The van der Waals surface area contributed by atoms with E-state index in [1.165, 1.54) is 36.2 Å². The molecule has 0 fully saturated rings. The van der Waals surface area contributed by atoms with Crippen LogP contribution in [-0.4, -0.2) is 33.2 Å². The van der Waals surface area contributed by atoms with Gasteiger partial charge >= 0.3 is 5.16 Å². The Bertz CT molecular complexity index is 1340. The summed E-state index contributed by atoms with van der Waals surface area (Å²) in [6, 6.07) is 18.5. The topological polar surface area (TPSA) is 117 Å². The SMILES string of the molecule is O=C(CSc1n[nH]c(-c2ccc(Cl)cc2)[n+]1-c1ccc(Cl)cc1)NN=Cc1ccc([O-])c(O)c1. The van der Waals surface area contributed by atoms with Crippen LogP contribution in [0.1, 0.15) is 5.56 Å². The predicted molar refractivity (Wildman–Crippen MR) is 130 cm³/mol. The number of phenols is 1. The molecule has 0 saturated heterocycles. The number of halogens is 2. The Morgan fingerprint density at radius 3 is 2.47 bits per heavy atom. The van der Waals surface area contributed by atoms with Crippen LogP contribution in [0.2, 0.25) is 10.0 Å². The van der Waals surface area contributed by atoms with Crippen molar-refractivity contribution in [3.8, 4) is 28.6 Å². The van der Waals surface area contributed by atoms with Crippen LogP contribution in [0.25, 0.3) is 17.1 Å². The Hall–Kier alpha value is -3.53. The highest BCUT2D eigenvalue weighted by Gasteiger charge is 2.24. The highest BCUT2D eigenvalue weighted by molar-refractivity contribution is 7.99. The number of amides is 1. The first-order valence-corrected chi connectivity index (χ1v) is 11.6. The Morgan fingerprint density at radius 2 is 1.79 bits per heavy atom. The van der Waals surface area contributed by atoms with E-state index in [4.69, 9.17) is 23.2 Å². The quantitative estimate of drug-likeness (QED) is 0.151. The molecule has 11 heteroatoms. The van der Waals surface area contributed by atoms with Crippen molar-refractivity contribution in [3.05, 3.63) is 82.3 Å². The van der Waals surface area contributed by atoms with E-state index in [1.54, 1.807) is 24.3 Å². The molecule has 8 nitrogen and oxygen atoms in total. The third-order valence-corrected chi connectivity index (χ3v) is 6.04. The van der Waals surface area contributed by atoms with Crippen LogP contribution in [-0.2, 0) is 4.79 Å². The number of hydrogen-bond donors (Lipinski definition) is 3. The lowest BCUT2D eigenvalue weighted by Crippen LogP contribution is -2.34. The molecular weight excluding hydrogens is 497 g/mol. The number of hydrogen-bond acceptors (Lipinski definition) is 6. The van der Waals surface area contributed by atoms with E-state index in [2.05, 4.69) is 20.7 Å². The zero-order chi connectivity index (χ0) is 24.1. The number of benzene rings is 3. The number of H-pyrrole nitrogens is 1. The Labute approximate surface area is 208 Å². The maximum atomic E-state index is 12.3. The number of aromatic amines is 1. The smallest absolute Gasteiger partial charge is 0.342 e. The first-order valence-electron chi connectivity index (χ1n) is 9.88. The van der Waals surface area contributed by atoms with Crippen molar-refractivity contribution in [1.29, 1.82) is 0 Å². The molecule has 4 aromatic rings. The Morgan fingerprint density at radius 1 is 1.12 bits per heavy atom. The largest absolute Gasteiger partial charge is 0.870 e. The van der Waals surface area contributed by atoms with Crippen molar-refractivity contribution in [3.63, 3.8) is 0 Å². The average Bonchev–Trinajstić information content (AvgIpc) is 3.25. The fraction of sp³-hybridized carbons (Fsp3) is 0.0435. The summed E-state index contributed by atoms with van der Waals surface area (Å²) < 4.78 is 1.88. The van der Waals surface area contributed by atoms with E-state index >= 15 is 0 Å². The van der Waals surface area contributed by atoms with Crippen molar-refractivity contribution >= 4 is 47.1 Å². The number of aromatic nitrogens is 3. The summed E-state index contributed by atoms with van der Waals surface area (Å²) in [6.45, 7) is 0. The third-order valence-electron chi connectivity index (χ3n) is 4.59. The van der Waals surface area contributed by atoms with Gasteiger partial charge in [-0.05, 0) is 71.9 Å². The van der Waals surface area contributed by atoms with Gasteiger partial charge in [-0.2, -0.15) is 9.67 Å². The van der Waals surface area contributed by atoms with Gasteiger partial charge in [-0.25, -0.2) is 5.43 Å². The molecule has 4 rings (SSSR count). The van der Waals surface area contributed by atoms with E-state index in [9.17, 15) is 15.0 Å². The number of aromatic hydroxyl groups is 1. The second-order valence-corrected chi connectivity index (χ2v) is 8.80. The monoisotopic (exact) mass is 513 g/mol. The van der Waals surface area contributed by atoms with E-state index in [0.29, 0.717) is 26.6 Å². The summed E-state index contributed by atoms with van der Waals surface area (Å²) in [4.78, 5) is 12.3. The predicted octanol–water partition coefficient (Wildman–Crippen LogP) is 3.68. The molecule has 3 aromatic carbocycles. The summed E-state index contributed by atoms with van der Waals surface area (Å²) in [5, 5.41) is 33.8. The molecule has 172 valence electrons. The van der Waals surface area contributed by atoms with Crippen LogP contribution in [0.4, 0.5) is 0 Å². The molecule has 34 heavy (non-hydrogen) atoms. The maximum absolute atomic E-state index is 12.3. The number of hydrazone groups is 1. The summed E-state index contributed by atoms with van der Waals surface area (Å²) in [5.74, 6) is -0.469. The standard InChI is InChI=1S/C23H17Cl2N5O3S/c24-16-4-2-15(3-5-16)22-28-29-23(30(22)18-8-6-17(25)7-9-18)34-13-21(33)27-26-12-14-1-10-19(31)20(32)11-14/h1-12H,13H2,(H3,26,27,31,32,33). The molecule has 0 spiro atoms. The molecule has 0 atom stereocenters. The average molecular weight is 514 g/mol. The lowest BCUT2D eigenvalue weighted by atomic mass is 10.2. The lowest BCUT2D eigenvalue weighted by molar-refractivity contribution is -0.625. The van der Waals surface area contributed by atoms with Crippen molar-refractivity contribution in [2.45, 2.75) is 5.16 Å². The van der Waals surface area contributed by atoms with Gasteiger partial charge < -0.3 is 10.2 Å². The number of nitrogens with one attached hydrogen (secondary N) is 2. The first-order chi connectivity index (χ1) is 16.4. The van der Waals surface area contributed by atoms with Gasteiger partial charge in [0.15, 0.2) is 0 Å².